The minimum absolute atomic E-state index is 0.0334. The SMILES string of the molecule is Cc1cc(C(=O)NC(C)C)cc(C(F)(F)F)c1. The molecule has 1 aromatic carbocycles. The zero-order valence-electron chi connectivity index (χ0n) is 9.85. The second-order valence-electron chi connectivity index (χ2n) is 4.21. The van der Waals surface area contributed by atoms with Crippen molar-refractivity contribution in [2.75, 3.05) is 0 Å². The number of carbonyl (C=O) groups is 1. The monoisotopic (exact) mass is 245 g/mol. The van der Waals surface area contributed by atoms with Crippen molar-refractivity contribution in [3.63, 3.8) is 0 Å². The Kier molecular flexibility index (Phi) is 3.80. The highest BCUT2D eigenvalue weighted by Gasteiger charge is 2.31. The van der Waals surface area contributed by atoms with Crippen LogP contribution in [0.25, 0.3) is 0 Å². The van der Waals surface area contributed by atoms with Gasteiger partial charge in [-0.05, 0) is 44.5 Å². The van der Waals surface area contributed by atoms with Gasteiger partial charge in [-0.1, -0.05) is 0 Å². The van der Waals surface area contributed by atoms with Gasteiger partial charge in [0.25, 0.3) is 5.91 Å². The Hall–Kier alpha value is -1.52. The van der Waals surface area contributed by atoms with Gasteiger partial charge in [-0.15, -0.1) is 0 Å². The first kappa shape index (κ1) is 13.5. The predicted octanol–water partition coefficient (Wildman–Crippen LogP) is 3.15. The smallest absolute Gasteiger partial charge is 0.350 e. The molecule has 5 heteroatoms. The molecule has 17 heavy (non-hydrogen) atoms. The molecular formula is C12H14F3NO. The second kappa shape index (κ2) is 4.77. The van der Waals surface area contributed by atoms with Gasteiger partial charge in [0.1, 0.15) is 0 Å². The number of aryl methyl sites for hydroxylation is 1. The molecule has 0 radical (unpaired) electrons. The van der Waals surface area contributed by atoms with Crippen LogP contribution in [0, 0.1) is 6.92 Å². The van der Waals surface area contributed by atoms with E-state index < -0.39 is 17.6 Å². The van der Waals surface area contributed by atoms with E-state index in [2.05, 4.69) is 5.32 Å². The molecule has 0 aromatic heterocycles. The number of nitrogens with one attached hydrogen (secondary N) is 1. The summed E-state index contributed by atoms with van der Waals surface area (Å²) in [5.41, 5.74) is -0.355. The Morgan fingerprint density at radius 3 is 2.29 bits per heavy atom. The lowest BCUT2D eigenvalue weighted by Gasteiger charge is -2.12. The van der Waals surface area contributed by atoms with Gasteiger partial charge in [0.05, 0.1) is 5.56 Å². The number of halogens is 3. The minimum atomic E-state index is -4.43. The summed E-state index contributed by atoms with van der Waals surface area (Å²) in [6.07, 6.45) is -4.43. The van der Waals surface area contributed by atoms with E-state index in [0.717, 1.165) is 12.1 Å². The van der Waals surface area contributed by atoms with Crippen molar-refractivity contribution in [1.29, 1.82) is 0 Å². The summed E-state index contributed by atoms with van der Waals surface area (Å²) >= 11 is 0. The number of rotatable bonds is 2. The first-order valence-corrected chi connectivity index (χ1v) is 5.20. The molecule has 1 amide bonds. The molecule has 1 aromatic rings. The number of benzene rings is 1. The number of carbonyl (C=O) groups excluding carboxylic acids is 1. The largest absolute Gasteiger partial charge is 0.416 e. The zero-order valence-corrected chi connectivity index (χ0v) is 9.85. The van der Waals surface area contributed by atoms with E-state index in [1.54, 1.807) is 13.8 Å². The van der Waals surface area contributed by atoms with Gasteiger partial charge in [-0.3, -0.25) is 4.79 Å². The Bertz CT molecular complexity index is 424. The van der Waals surface area contributed by atoms with Gasteiger partial charge in [0.15, 0.2) is 0 Å². The number of amides is 1. The molecule has 2 nitrogen and oxygen atoms in total. The van der Waals surface area contributed by atoms with Crippen molar-refractivity contribution >= 4 is 5.91 Å². The Labute approximate surface area is 97.8 Å². The van der Waals surface area contributed by atoms with E-state index in [4.69, 9.17) is 0 Å². The Balaban J connectivity index is 3.10. The van der Waals surface area contributed by atoms with Crippen LogP contribution in [-0.4, -0.2) is 11.9 Å². The Morgan fingerprint density at radius 2 is 1.82 bits per heavy atom. The molecule has 94 valence electrons. The third-order valence-electron chi connectivity index (χ3n) is 2.09. The van der Waals surface area contributed by atoms with Gasteiger partial charge < -0.3 is 5.32 Å². The standard InChI is InChI=1S/C12H14F3NO/c1-7(2)16-11(17)9-4-8(3)5-10(6-9)12(13,14)15/h4-7H,1-3H3,(H,16,17). The topological polar surface area (TPSA) is 29.1 Å². The van der Waals surface area contributed by atoms with Crippen molar-refractivity contribution in [1.82, 2.24) is 5.32 Å². The van der Waals surface area contributed by atoms with E-state index in [0.29, 0.717) is 5.56 Å². The van der Waals surface area contributed by atoms with Crippen molar-refractivity contribution < 1.29 is 18.0 Å². The van der Waals surface area contributed by atoms with E-state index in [9.17, 15) is 18.0 Å². The fraction of sp³-hybridized carbons (Fsp3) is 0.417. The molecule has 0 aliphatic heterocycles. The first-order valence-electron chi connectivity index (χ1n) is 5.20. The van der Waals surface area contributed by atoms with Gasteiger partial charge in [-0.25, -0.2) is 0 Å². The summed E-state index contributed by atoms with van der Waals surface area (Å²) in [6, 6.07) is 3.21. The molecule has 0 bridgehead atoms. The summed E-state index contributed by atoms with van der Waals surface area (Å²) < 4.78 is 37.6. The molecule has 0 aliphatic rings. The van der Waals surface area contributed by atoms with Crippen LogP contribution in [0.5, 0.6) is 0 Å². The second-order valence-corrected chi connectivity index (χ2v) is 4.21. The van der Waals surface area contributed by atoms with Crippen LogP contribution in [-0.2, 0) is 6.18 Å². The summed E-state index contributed by atoms with van der Waals surface area (Å²) in [5.74, 6) is -0.491. The van der Waals surface area contributed by atoms with E-state index in [1.165, 1.54) is 13.0 Å². The molecule has 0 unspecified atom stereocenters. The summed E-state index contributed by atoms with van der Waals surface area (Å²) in [6.45, 7) is 5.03. The maximum atomic E-state index is 12.5. The molecule has 0 saturated carbocycles. The van der Waals surface area contributed by atoms with Crippen molar-refractivity contribution in [2.45, 2.75) is 33.0 Å². The minimum Gasteiger partial charge on any atom is -0.350 e. The summed E-state index contributed by atoms with van der Waals surface area (Å²) in [4.78, 5) is 11.6. The van der Waals surface area contributed by atoms with Crippen molar-refractivity contribution in [3.05, 3.63) is 34.9 Å². The highest BCUT2D eigenvalue weighted by Crippen LogP contribution is 2.30. The lowest BCUT2D eigenvalue weighted by molar-refractivity contribution is -0.137. The van der Waals surface area contributed by atoms with Crippen LogP contribution in [0.3, 0.4) is 0 Å². The number of hydrogen-bond acceptors (Lipinski definition) is 1. The quantitative estimate of drug-likeness (QED) is 0.852. The van der Waals surface area contributed by atoms with Crippen LogP contribution in [0.15, 0.2) is 18.2 Å². The molecule has 0 atom stereocenters. The molecule has 0 spiro atoms. The average molecular weight is 245 g/mol. The summed E-state index contributed by atoms with van der Waals surface area (Å²) in [7, 11) is 0. The average Bonchev–Trinajstić information content (AvgIpc) is 2.14. The van der Waals surface area contributed by atoms with E-state index in [-0.39, 0.29) is 11.6 Å². The molecular weight excluding hydrogens is 231 g/mol. The fourth-order valence-corrected chi connectivity index (χ4v) is 1.42. The van der Waals surface area contributed by atoms with Crippen LogP contribution in [0.1, 0.15) is 35.3 Å². The summed E-state index contributed by atoms with van der Waals surface area (Å²) in [5, 5.41) is 2.56. The molecule has 1 rings (SSSR count). The highest BCUT2D eigenvalue weighted by atomic mass is 19.4. The molecule has 0 heterocycles. The maximum absolute atomic E-state index is 12.5. The highest BCUT2D eigenvalue weighted by molar-refractivity contribution is 5.94. The van der Waals surface area contributed by atoms with E-state index >= 15 is 0 Å². The van der Waals surface area contributed by atoms with Crippen LogP contribution in [0.4, 0.5) is 13.2 Å². The molecule has 0 aliphatic carbocycles. The fourth-order valence-electron chi connectivity index (χ4n) is 1.42. The Morgan fingerprint density at radius 1 is 1.24 bits per heavy atom. The third-order valence-corrected chi connectivity index (χ3v) is 2.09. The van der Waals surface area contributed by atoms with Crippen molar-refractivity contribution in [3.8, 4) is 0 Å². The lowest BCUT2D eigenvalue weighted by atomic mass is 10.1. The lowest BCUT2D eigenvalue weighted by Crippen LogP contribution is -2.30. The van der Waals surface area contributed by atoms with Crippen LogP contribution >= 0.6 is 0 Å². The van der Waals surface area contributed by atoms with Gasteiger partial charge in [-0.2, -0.15) is 13.2 Å². The van der Waals surface area contributed by atoms with Gasteiger partial charge in [0, 0.05) is 11.6 Å². The van der Waals surface area contributed by atoms with Gasteiger partial charge in [0.2, 0.25) is 0 Å². The predicted molar refractivity (Wildman–Crippen MR) is 58.8 cm³/mol. The van der Waals surface area contributed by atoms with Gasteiger partial charge >= 0.3 is 6.18 Å². The first-order chi connectivity index (χ1) is 7.70. The number of hydrogen-bond donors (Lipinski definition) is 1. The van der Waals surface area contributed by atoms with Crippen LogP contribution < -0.4 is 5.32 Å². The normalized spacial score (nSPS) is 11.7. The van der Waals surface area contributed by atoms with Crippen LogP contribution in [0.2, 0.25) is 0 Å². The third kappa shape index (κ3) is 3.76. The number of alkyl halides is 3. The molecule has 0 saturated heterocycles. The van der Waals surface area contributed by atoms with Crippen molar-refractivity contribution in [2.24, 2.45) is 0 Å². The maximum Gasteiger partial charge on any atom is 0.416 e. The molecule has 1 N–H and O–H groups in total. The van der Waals surface area contributed by atoms with E-state index in [1.807, 2.05) is 0 Å². The molecule has 0 fully saturated rings. The zero-order chi connectivity index (χ0) is 13.2.